The maximum atomic E-state index is 12.2. The lowest BCUT2D eigenvalue weighted by molar-refractivity contribution is -0.127. The zero-order valence-corrected chi connectivity index (χ0v) is 44.9. The fourth-order valence-corrected chi connectivity index (χ4v) is 5.57. The van der Waals surface area contributed by atoms with Crippen LogP contribution in [0.25, 0.3) is 0 Å². The Morgan fingerprint density at radius 1 is 0.425 bits per heavy atom. The van der Waals surface area contributed by atoms with Gasteiger partial charge in [0.25, 0.3) is 0 Å². The van der Waals surface area contributed by atoms with Gasteiger partial charge in [-0.2, -0.15) is 0 Å². The topological polar surface area (TPSA) is 370 Å². The monoisotopic (exact) mass is 1050 g/mol. The number of Topliss-reactive ketones (excluding diaryl/α,β-unsaturated/α-hetero) is 3. The Hall–Kier alpha value is -4.98. The highest BCUT2D eigenvalue weighted by Gasteiger charge is 2.17. The first-order valence-corrected chi connectivity index (χ1v) is 25.8. The standard InChI is InChI=1S/C41H76N10O13.C4H8O.C4H10/c1-30(52)26-50-33(39(43)58)11-4-7-16-46-37(56)28-63-24-23-62-21-19-48-38(57)29-64-25-22-61-20-18-47-36(55)14-9-13-35(54)45-15-6-3-10-32(42)41(60)49-17-8-5-12-34(40(44)59)51-27-31(2)53;1-3-4(2)5;1-3-4-2/h32-34,50-51H,3-29,42H2,1-2H3,(H2,43,58)(H2,44,59)(H,45,54)(H,46,56)(H,47,55)(H,48,57)(H,49,60);3H2,1-2H3;3-4H2,1-2H3/t32-,33-,34-;;/m0../s1. The molecule has 0 aliphatic carbocycles. The number of ether oxygens (including phenoxy) is 4. The summed E-state index contributed by atoms with van der Waals surface area (Å²) in [7, 11) is 0. The highest BCUT2D eigenvalue weighted by molar-refractivity contribution is 5.83. The first-order chi connectivity index (χ1) is 34.8. The van der Waals surface area contributed by atoms with Crippen LogP contribution in [0.4, 0.5) is 0 Å². The van der Waals surface area contributed by atoms with Crippen molar-refractivity contribution >= 4 is 58.7 Å². The average molecular weight is 1050 g/mol. The molecule has 0 saturated heterocycles. The number of carbonyl (C=O) groups excluding carboxylic acids is 10. The smallest absolute Gasteiger partial charge is 0.246 e. The van der Waals surface area contributed by atoms with E-state index in [1.165, 1.54) is 26.7 Å². The molecule has 0 aliphatic rings. The van der Waals surface area contributed by atoms with Crippen molar-refractivity contribution in [3.05, 3.63) is 0 Å². The number of amides is 7. The zero-order chi connectivity index (χ0) is 55.5. The van der Waals surface area contributed by atoms with E-state index in [9.17, 15) is 47.9 Å². The van der Waals surface area contributed by atoms with Crippen molar-refractivity contribution in [2.45, 2.75) is 156 Å². The van der Waals surface area contributed by atoms with Crippen LogP contribution >= 0.6 is 0 Å². The Morgan fingerprint density at radius 2 is 0.781 bits per heavy atom. The van der Waals surface area contributed by atoms with Gasteiger partial charge in [0, 0.05) is 52.0 Å². The second-order valence-electron chi connectivity index (χ2n) is 17.1. The molecule has 0 bridgehead atoms. The SMILES string of the molecule is CC(=O)CN[C@@H](CCCCNC(=O)COCCOCCNC(=O)COCCOCCNC(=O)CCCC(=O)NCCCC[C@H](N)C(=O)NCCCC[C@H](NCC(C)=O)C(N)=O)C(N)=O.CCC(C)=O.CCCC. The fourth-order valence-electron chi connectivity index (χ4n) is 5.57. The van der Waals surface area contributed by atoms with Crippen LogP contribution in [0.3, 0.4) is 0 Å². The number of carbonyl (C=O) groups is 10. The van der Waals surface area contributed by atoms with E-state index in [1.807, 2.05) is 6.92 Å². The van der Waals surface area contributed by atoms with E-state index in [2.05, 4.69) is 51.1 Å². The Balaban J connectivity index is -0.00000497. The van der Waals surface area contributed by atoms with E-state index in [0.29, 0.717) is 90.3 Å². The van der Waals surface area contributed by atoms with Gasteiger partial charge in [0.1, 0.15) is 30.6 Å². The summed E-state index contributed by atoms with van der Waals surface area (Å²) in [4.78, 5) is 115. The molecule has 73 heavy (non-hydrogen) atoms. The maximum absolute atomic E-state index is 12.2. The summed E-state index contributed by atoms with van der Waals surface area (Å²) in [6.45, 7) is 13.6. The van der Waals surface area contributed by atoms with Crippen molar-refractivity contribution in [2.24, 2.45) is 17.2 Å². The van der Waals surface area contributed by atoms with Gasteiger partial charge in [-0.15, -0.1) is 0 Å². The number of primary amides is 2. The summed E-state index contributed by atoms with van der Waals surface area (Å²) in [6, 6.07) is -1.87. The molecule has 0 spiro atoms. The molecule has 0 rings (SSSR count). The molecular formula is C49H94N10O14. The third-order valence-corrected chi connectivity index (χ3v) is 10.1. The minimum Gasteiger partial charge on any atom is -0.377 e. The molecule has 0 aromatic heterocycles. The number of ketones is 3. The summed E-state index contributed by atoms with van der Waals surface area (Å²) in [6.07, 6.45) is 9.25. The number of rotatable bonds is 46. The number of nitrogens with two attached hydrogens (primary N) is 3. The molecule has 0 fully saturated rings. The molecule has 0 saturated carbocycles. The van der Waals surface area contributed by atoms with Gasteiger partial charge in [0.15, 0.2) is 0 Å². The summed E-state index contributed by atoms with van der Waals surface area (Å²) in [5.41, 5.74) is 16.7. The highest BCUT2D eigenvalue weighted by atomic mass is 16.5. The van der Waals surface area contributed by atoms with Crippen LogP contribution in [0, 0.1) is 0 Å². The molecule has 3 atom stereocenters. The molecule has 0 aromatic rings. The summed E-state index contributed by atoms with van der Waals surface area (Å²) in [5.74, 6) is -2.23. The van der Waals surface area contributed by atoms with E-state index in [1.54, 1.807) is 6.92 Å². The van der Waals surface area contributed by atoms with Crippen molar-refractivity contribution in [1.82, 2.24) is 37.2 Å². The predicted octanol–water partition coefficient (Wildman–Crippen LogP) is -0.501. The van der Waals surface area contributed by atoms with Gasteiger partial charge < -0.3 is 67.5 Å². The molecule has 0 aromatic carbocycles. The lowest BCUT2D eigenvalue weighted by Gasteiger charge is -2.15. The molecule has 0 heterocycles. The predicted molar refractivity (Wildman–Crippen MR) is 277 cm³/mol. The van der Waals surface area contributed by atoms with Gasteiger partial charge >= 0.3 is 0 Å². The van der Waals surface area contributed by atoms with E-state index < -0.39 is 29.9 Å². The minimum atomic E-state index is -0.678. The summed E-state index contributed by atoms with van der Waals surface area (Å²) < 4.78 is 21.3. The fraction of sp³-hybridized carbons (Fsp3) is 0.796. The molecule has 7 amide bonds. The minimum absolute atomic E-state index is 0.0705. The van der Waals surface area contributed by atoms with E-state index in [-0.39, 0.29) is 139 Å². The second-order valence-corrected chi connectivity index (χ2v) is 17.1. The Bertz CT molecular complexity index is 1540. The van der Waals surface area contributed by atoms with Crippen molar-refractivity contribution in [3.63, 3.8) is 0 Å². The van der Waals surface area contributed by atoms with Crippen LogP contribution in [-0.4, -0.2) is 175 Å². The molecule has 0 unspecified atom stereocenters. The number of hydrogen-bond donors (Lipinski definition) is 10. The normalized spacial score (nSPS) is 11.8. The van der Waals surface area contributed by atoms with Crippen molar-refractivity contribution in [2.75, 3.05) is 98.7 Å². The third-order valence-electron chi connectivity index (χ3n) is 10.1. The van der Waals surface area contributed by atoms with Gasteiger partial charge in [-0.3, -0.25) is 53.8 Å². The Kier molecular flexibility index (Phi) is 51.4. The molecular weight excluding hydrogens is 953 g/mol. The van der Waals surface area contributed by atoms with Crippen LogP contribution in [0.15, 0.2) is 0 Å². The largest absolute Gasteiger partial charge is 0.377 e. The quantitative estimate of drug-likeness (QED) is 0.0344. The highest BCUT2D eigenvalue weighted by Crippen LogP contribution is 2.03. The zero-order valence-electron chi connectivity index (χ0n) is 44.9. The van der Waals surface area contributed by atoms with Crippen LogP contribution in [-0.2, 0) is 66.9 Å². The molecule has 0 radical (unpaired) electrons. The van der Waals surface area contributed by atoms with Crippen LogP contribution in [0.5, 0.6) is 0 Å². The summed E-state index contributed by atoms with van der Waals surface area (Å²) in [5, 5.41) is 19.3. The van der Waals surface area contributed by atoms with Gasteiger partial charge in [0.2, 0.25) is 41.4 Å². The van der Waals surface area contributed by atoms with Crippen LogP contribution in [0.2, 0.25) is 0 Å². The van der Waals surface area contributed by atoms with Crippen molar-refractivity contribution < 1.29 is 66.9 Å². The van der Waals surface area contributed by atoms with Crippen LogP contribution in [0.1, 0.15) is 138 Å². The van der Waals surface area contributed by atoms with Gasteiger partial charge in [-0.1, -0.05) is 33.6 Å². The first kappa shape index (κ1) is 72.3. The number of hydrogen-bond acceptors (Lipinski definition) is 17. The van der Waals surface area contributed by atoms with Crippen molar-refractivity contribution in [3.8, 4) is 0 Å². The Labute approximate surface area is 433 Å². The van der Waals surface area contributed by atoms with Gasteiger partial charge in [0.05, 0.1) is 70.9 Å². The molecule has 424 valence electrons. The lowest BCUT2D eigenvalue weighted by atomic mass is 10.1. The Morgan fingerprint density at radius 3 is 1.16 bits per heavy atom. The molecule has 24 nitrogen and oxygen atoms in total. The van der Waals surface area contributed by atoms with E-state index in [4.69, 9.17) is 36.1 Å². The molecule has 0 aliphatic heterocycles. The van der Waals surface area contributed by atoms with E-state index in [0.717, 1.165) is 0 Å². The van der Waals surface area contributed by atoms with Gasteiger partial charge in [-0.25, -0.2) is 0 Å². The van der Waals surface area contributed by atoms with E-state index >= 15 is 0 Å². The van der Waals surface area contributed by atoms with Crippen molar-refractivity contribution in [1.29, 1.82) is 0 Å². The number of nitrogens with one attached hydrogen (secondary N) is 7. The second kappa shape index (κ2) is 51.9. The third kappa shape index (κ3) is 54.6. The number of unbranched alkanes of at least 4 members (excludes halogenated alkanes) is 4. The molecule has 13 N–H and O–H groups in total. The first-order valence-electron chi connectivity index (χ1n) is 25.8. The average Bonchev–Trinajstić information content (AvgIpc) is 3.34. The summed E-state index contributed by atoms with van der Waals surface area (Å²) >= 11 is 0. The van der Waals surface area contributed by atoms with Crippen LogP contribution < -0.4 is 54.4 Å². The lowest BCUT2D eigenvalue weighted by Crippen LogP contribution is -2.43. The molecule has 24 heteroatoms. The van der Waals surface area contributed by atoms with Gasteiger partial charge in [-0.05, 0) is 85.0 Å². The maximum Gasteiger partial charge on any atom is 0.246 e.